The van der Waals surface area contributed by atoms with Crippen LogP contribution in [-0.4, -0.2) is 13.9 Å². The molecule has 0 aromatic heterocycles. The van der Waals surface area contributed by atoms with E-state index in [2.05, 4.69) is 68.6 Å². The van der Waals surface area contributed by atoms with Crippen molar-refractivity contribution < 1.29 is 25.8 Å². The first-order valence-corrected chi connectivity index (χ1v) is 10.7. The number of benzene rings is 3. The Balaban J connectivity index is 0.000000202. The lowest BCUT2D eigenvalue weighted by molar-refractivity contribution is -0.0500. The summed E-state index contributed by atoms with van der Waals surface area (Å²) in [5.41, 5.74) is -5.42. The Labute approximate surface area is 173 Å². The molecule has 0 bridgehead atoms. The third kappa shape index (κ3) is 7.21. The Hall–Kier alpha value is -1.97. The predicted octanol–water partition coefficient (Wildman–Crippen LogP) is 6.52. The van der Waals surface area contributed by atoms with Crippen LogP contribution in [0, 0.1) is 0 Å². The van der Waals surface area contributed by atoms with Crippen molar-refractivity contribution in [1.82, 2.24) is 0 Å². The highest BCUT2D eigenvalue weighted by molar-refractivity contribution is 9.10. The van der Waals surface area contributed by atoms with Gasteiger partial charge >= 0.3 is 15.6 Å². The van der Waals surface area contributed by atoms with Gasteiger partial charge in [-0.15, -0.1) is 0 Å². The van der Waals surface area contributed by atoms with E-state index in [-0.39, 0.29) is 0 Å². The van der Waals surface area contributed by atoms with Crippen LogP contribution in [0.1, 0.15) is 0 Å². The third-order valence-corrected chi connectivity index (χ3v) is 5.55. The number of halogens is 4. The molecule has 0 amide bonds. The van der Waals surface area contributed by atoms with Crippen LogP contribution in [0.3, 0.4) is 0 Å². The minimum atomic E-state index is -5.58. The Morgan fingerprint density at radius 1 is 0.750 bits per heavy atom. The lowest BCUT2D eigenvalue weighted by Crippen LogP contribution is -2.27. The van der Waals surface area contributed by atoms with Gasteiger partial charge in [-0.3, -0.25) is 0 Å². The van der Waals surface area contributed by atoms with Crippen LogP contribution >= 0.6 is 27.7 Å². The van der Waals surface area contributed by atoms with E-state index in [1.54, 1.807) is 11.8 Å². The largest absolute Gasteiger partial charge is 0.534 e. The van der Waals surface area contributed by atoms with Gasteiger partial charge in [-0.2, -0.15) is 21.6 Å². The second kappa shape index (κ2) is 9.99. The van der Waals surface area contributed by atoms with Gasteiger partial charge in [-0.25, -0.2) is 0 Å². The van der Waals surface area contributed by atoms with E-state index in [1.165, 1.54) is 21.9 Å². The number of hydrogen-bond donors (Lipinski definition) is 0. The maximum absolute atomic E-state index is 11.9. The molecule has 28 heavy (non-hydrogen) atoms. The average molecular weight is 491 g/mol. The molecule has 0 saturated heterocycles. The fourth-order valence-electron chi connectivity index (χ4n) is 1.78. The standard InChI is InChI=1S/C12H10S.C7H4BrF3O3S/c1-3-7-11(8-4-1)13-12-9-5-2-6-10-12;8-5-1-3-6(4-2-5)14-15(12,13)7(9,10)11/h1-10H;1-4H. The van der Waals surface area contributed by atoms with Crippen molar-refractivity contribution >= 4 is 37.8 Å². The van der Waals surface area contributed by atoms with E-state index in [0.717, 1.165) is 12.1 Å². The van der Waals surface area contributed by atoms with E-state index in [4.69, 9.17) is 0 Å². The van der Waals surface area contributed by atoms with Gasteiger partial charge in [0.2, 0.25) is 0 Å². The lowest BCUT2D eigenvalue weighted by Gasteiger charge is -2.08. The minimum Gasteiger partial charge on any atom is -0.376 e. The highest BCUT2D eigenvalue weighted by Crippen LogP contribution is 2.28. The van der Waals surface area contributed by atoms with Gasteiger partial charge < -0.3 is 4.18 Å². The van der Waals surface area contributed by atoms with Gasteiger partial charge in [-0.05, 0) is 48.5 Å². The summed E-state index contributed by atoms with van der Waals surface area (Å²) < 4.78 is 61.2. The number of alkyl halides is 3. The van der Waals surface area contributed by atoms with Crippen LogP contribution in [-0.2, 0) is 10.1 Å². The SMILES string of the molecule is O=S(=O)(Oc1ccc(Br)cc1)C(F)(F)F.c1ccc(Sc2ccccc2)cc1. The van der Waals surface area contributed by atoms with Crippen LogP contribution in [0.2, 0.25) is 0 Å². The summed E-state index contributed by atoms with van der Waals surface area (Å²) >= 11 is 4.82. The minimum absolute atomic E-state index is 0.393. The molecule has 0 aliphatic carbocycles. The highest BCUT2D eigenvalue weighted by Gasteiger charge is 2.48. The fraction of sp³-hybridized carbons (Fsp3) is 0.0526. The quantitative estimate of drug-likeness (QED) is 0.308. The van der Waals surface area contributed by atoms with E-state index < -0.39 is 21.4 Å². The molecule has 3 aromatic rings. The Morgan fingerprint density at radius 2 is 1.18 bits per heavy atom. The van der Waals surface area contributed by atoms with Crippen molar-refractivity contribution in [2.24, 2.45) is 0 Å². The van der Waals surface area contributed by atoms with Crippen LogP contribution in [0.15, 0.2) is 99.2 Å². The summed E-state index contributed by atoms with van der Waals surface area (Å²) in [5, 5.41) is 0. The topological polar surface area (TPSA) is 43.4 Å². The van der Waals surface area contributed by atoms with Crippen molar-refractivity contribution in [3.63, 3.8) is 0 Å². The van der Waals surface area contributed by atoms with Crippen molar-refractivity contribution in [2.75, 3.05) is 0 Å². The van der Waals surface area contributed by atoms with Crippen molar-refractivity contribution in [2.45, 2.75) is 15.3 Å². The van der Waals surface area contributed by atoms with Gasteiger partial charge in [0, 0.05) is 14.3 Å². The Morgan fingerprint density at radius 3 is 1.57 bits per heavy atom. The molecular formula is C19H14BrF3O3S2. The van der Waals surface area contributed by atoms with Crippen LogP contribution in [0.4, 0.5) is 13.2 Å². The van der Waals surface area contributed by atoms with Gasteiger partial charge in [-0.1, -0.05) is 64.1 Å². The summed E-state index contributed by atoms with van der Waals surface area (Å²) in [5.74, 6) is -0.393. The molecule has 0 radical (unpaired) electrons. The Kier molecular flexibility index (Phi) is 7.97. The maximum Gasteiger partial charge on any atom is 0.534 e. The summed E-state index contributed by atoms with van der Waals surface area (Å²) in [6, 6.07) is 25.7. The summed E-state index contributed by atoms with van der Waals surface area (Å²) in [6.07, 6.45) is 0. The first-order chi connectivity index (χ1) is 13.2. The second-order valence-corrected chi connectivity index (χ2v) is 8.77. The molecule has 0 heterocycles. The van der Waals surface area contributed by atoms with Crippen LogP contribution in [0.25, 0.3) is 0 Å². The molecule has 3 rings (SSSR count). The molecule has 0 fully saturated rings. The fourth-order valence-corrected chi connectivity index (χ4v) is 3.36. The van der Waals surface area contributed by atoms with E-state index >= 15 is 0 Å². The monoisotopic (exact) mass is 490 g/mol. The Bertz CT molecular complexity index is 925. The first kappa shape index (κ1) is 22.3. The molecule has 0 aliphatic rings. The molecular weight excluding hydrogens is 477 g/mol. The molecule has 3 aromatic carbocycles. The van der Waals surface area contributed by atoms with E-state index in [9.17, 15) is 21.6 Å². The van der Waals surface area contributed by atoms with E-state index in [0.29, 0.717) is 4.47 Å². The van der Waals surface area contributed by atoms with Crippen molar-refractivity contribution in [1.29, 1.82) is 0 Å². The molecule has 9 heteroatoms. The molecule has 0 saturated carbocycles. The lowest BCUT2D eigenvalue weighted by atomic mass is 10.3. The zero-order valence-electron chi connectivity index (χ0n) is 14.1. The molecule has 0 N–H and O–H groups in total. The summed E-state index contributed by atoms with van der Waals surface area (Å²) in [7, 11) is -5.58. The molecule has 3 nitrogen and oxygen atoms in total. The summed E-state index contributed by atoms with van der Waals surface area (Å²) in [6.45, 7) is 0. The number of rotatable bonds is 4. The molecule has 0 aliphatic heterocycles. The summed E-state index contributed by atoms with van der Waals surface area (Å²) in [4.78, 5) is 2.57. The molecule has 0 spiro atoms. The van der Waals surface area contributed by atoms with Crippen molar-refractivity contribution in [3.8, 4) is 5.75 Å². The van der Waals surface area contributed by atoms with Crippen molar-refractivity contribution in [3.05, 3.63) is 89.4 Å². The highest BCUT2D eigenvalue weighted by atomic mass is 79.9. The molecule has 0 atom stereocenters. The van der Waals surface area contributed by atoms with Crippen LogP contribution < -0.4 is 4.18 Å². The van der Waals surface area contributed by atoms with E-state index in [1.807, 2.05) is 12.1 Å². The van der Waals surface area contributed by atoms with Crippen LogP contribution in [0.5, 0.6) is 5.75 Å². The maximum atomic E-state index is 11.9. The van der Waals surface area contributed by atoms with Gasteiger partial charge in [0.15, 0.2) is 0 Å². The normalized spacial score (nSPS) is 11.3. The zero-order chi connectivity index (χ0) is 20.6. The van der Waals surface area contributed by atoms with Gasteiger partial charge in [0.1, 0.15) is 5.75 Å². The smallest absolute Gasteiger partial charge is 0.376 e. The average Bonchev–Trinajstić information content (AvgIpc) is 2.65. The molecule has 148 valence electrons. The third-order valence-electron chi connectivity index (χ3n) is 3.03. The zero-order valence-corrected chi connectivity index (χ0v) is 17.4. The predicted molar refractivity (Wildman–Crippen MR) is 107 cm³/mol. The van der Waals surface area contributed by atoms with Gasteiger partial charge in [0.25, 0.3) is 0 Å². The number of hydrogen-bond acceptors (Lipinski definition) is 4. The second-order valence-electron chi connectivity index (χ2n) is 5.17. The molecule has 0 unspecified atom stereocenters. The van der Waals surface area contributed by atoms with Gasteiger partial charge in [0.05, 0.1) is 0 Å². The first-order valence-electron chi connectivity index (χ1n) is 7.72.